The summed E-state index contributed by atoms with van der Waals surface area (Å²) in [6.45, 7) is 3.46. The Morgan fingerprint density at radius 1 is 1.39 bits per heavy atom. The summed E-state index contributed by atoms with van der Waals surface area (Å²) in [6.07, 6.45) is 0.318. The fourth-order valence-corrected chi connectivity index (χ4v) is 6.93. The van der Waals surface area contributed by atoms with Gasteiger partial charge in [-0.2, -0.15) is 0 Å². The summed E-state index contributed by atoms with van der Waals surface area (Å²) < 4.78 is 49.9. The molecule has 1 aromatic rings. The Balaban J connectivity index is 2.24. The fourth-order valence-electron chi connectivity index (χ4n) is 2.02. The molecular weight excluding hydrogens is 294 g/mol. The van der Waals surface area contributed by atoms with E-state index in [4.69, 9.17) is 0 Å². The van der Waals surface area contributed by atoms with Crippen molar-refractivity contribution >= 4 is 31.2 Å². The lowest BCUT2D eigenvalue weighted by Crippen LogP contribution is -2.46. The molecule has 0 spiro atoms. The van der Waals surface area contributed by atoms with Gasteiger partial charge in [0.2, 0.25) is 0 Å². The number of rotatable bonds is 3. The van der Waals surface area contributed by atoms with Crippen LogP contribution in [0, 0.1) is 6.92 Å². The van der Waals surface area contributed by atoms with Crippen molar-refractivity contribution in [2.45, 2.75) is 30.0 Å². The molecule has 8 heteroatoms. The second kappa shape index (κ2) is 4.29. The standard InChI is InChI=1S/C10H15NO4S3/c1-8-3-4-9(16-8)18(14,15)11-10(2)5-6-17(12,13)7-10/h3-4,11H,5-7H2,1-2H3. The lowest BCUT2D eigenvalue weighted by atomic mass is 10.0. The van der Waals surface area contributed by atoms with Crippen LogP contribution in [0.2, 0.25) is 0 Å². The molecule has 1 aliphatic heterocycles. The highest BCUT2D eigenvalue weighted by Crippen LogP contribution is 2.27. The molecule has 0 bridgehead atoms. The fraction of sp³-hybridized carbons (Fsp3) is 0.600. The molecule has 1 aliphatic rings. The molecule has 1 unspecified atom stereocenters. The normalized spacial score (nSPS) is 27.4. The van der Waals surface area contributed by atoms with E-state index in [1.807, 2.05) is 6.92 Å². The van der Waals surface area contributed by atoms with Gasteiger partial charge in [0.05, 0.1) is 11.5 Å². The average Bonchev–Trinajstić information content (AvgIpc) is 2.70. The van der Waals surface area contributed by atoms with Crippen molar-refractivity contribution < 1.29 is 16.8 Å². The van der Waals surface area contributed by atoms with Gasteiger partial charge in [-0.25, -0.2) is 21.6 Å². The number of sulfone groups is 1. The van der Waals surface area contributed by atoms with Gasteiger partial charge in [-0.3, -0.25) is 0 Å². The highest BCUT2D eigenvalue weighted by molar-refractivity contribution is 7.92. The Labute approximate surface area is 111 Å². The van der Waals surface area contributed by atoms with Crippen molar-refractivity contribution in [3.05, 3.63) is 17.0 Å². The number of hydrogen-bond acceptors (Lipinski definition) is 5. The van der Waals surface area contributed by atoms with E-state index in [1.54, 1.807) is 13.0 Å². The first kappa shape index (κ1) is 14.0. The van der Waals surface area contributed by atoms with Crippen molar-refractivity contribution in [1.82, 2.24) is 4.72 Å². The monoisotopic (exact) mass is 309 g/mol. The van der Waals surface area contributed by atoms with Gasteiger partial charge >= 0.3 is 0 Å². The van der Waals surface area contributed by atoms with Crippen LogP contribution in [0.1, 0.15) is 18.2 Å². The first-order valence-electron chi connectivity index (χ1n) is 5.43. The second-order valence-corrected chi connectivity index (χ2v) is 10.3. The Morgan fingerprint density at radius 2 is 2.06 bits per heavy atom. The highest BCUT2D eigenvalue weighted by Gasteiger charge is 2.41. The van der Waals surface area contributed by atoms with E-state index >= 15 is 0 Å². The zero-order valence-corrected chi connectivity index (χ0v) is 12.6. The number of nitrogens with one attached hydrogen (secondary N) is 1. The van der Waals surface area contributed by atoms with Crippen molar-refractivity contribution in [2.75, 3.05) is 11.5 Å². The minimum Gasteiger partial charge on any atom is -0.229 e. The Hall–Kier alpha value is -0.440. The molecule has 18 heavy (non-hydrogen) atoms. The molecule has 0 aliphatic carbocycles. The van der Waals surface area contributed by atoms with E-state index in [2.05, 4.69) is 4.72 Å². The number of aryl methyl sites for hydroxylation is 1. The number of hydrogen-bond donors (Lipinski definition) is 1. The predicted molar refractivity (Wildman–Crippen MR) is 71.1 cm³/mol. The summed E-state index contributed by atoms with van der Waals surface area (Å²) in [4.78, 5) is 0.902. The van der Waals surface area contributed by atoms with Gasteiger partial charge < -0.3 is 0 Å². The van der Waals surface area contributed by atoms with E-state index in [0.29, 0.717) is 6.42 Å². The summed E-state index contributed by atoms with van der Waals surface area (Å²) >= 11 is 1.18. The number of thiophene rings is 1. The smallest absolute Gasteiger partial charge is 0.229 e. The largest absolute Gasteiger partial charge is 0.250 e. The minimum absolute atomic E-state index is 0.0372. The third-order valence-corrected chi connectivity index (χ3v) is 7.90. The van der Waals surface area contributed by atoms with Crippen LogP contribution in [0.4, 0.5) is 0 Å². The summed E-state index contributed by atoms with van der Waals surface area (Å²) in [5, 5.41) is 0. The first-order chi connectivity index (χ1) is 8.12. The quantitative estimate of drug-likeness (QED) is 0.900. The summed E-state index contributed by atoms with van der Waals surface area (Å²) in [5.74, 6) is -0.0981. The Kier molecular flexibility index (Phi) is 3.33. The van der Waals surface area contributed by atoms with Crippen molar-refractivity contribution in [1.29, 1.82) is 0 Å². The topological polar surface area (TPSA) is 80.3 Å². The zero-order valence-electron chi connectivity index (χ0n) is 10.1. The van der Waals surface area contributed by atoms with Crippen LogP contribution in [0.15, 0.2) is 16.3 Å². The third kappa shape index (κ3) is 2.93. The molecule has 1 fully saturated rings. The molecule has 0 aromatic carbocycles. The van der Waals surface area contributed by atoms with E-state index < -0.39 is 25.4 Å². The van der Waals surface area contributed by atoms with Gasteiger partial charge in [0.15, 0.2) is 9.84 Å². The van der Waals surface area contributed by atoms with Crippen LogP contribution in [0.25, 0.3) is 0 Å². The van der Waals surface area contributed by atoms with E-state index in [9.17, 15) is 16.8 Å². The van der Waals surface area contributed by atoms with Gasteiger partial charge in [-0.05, 0) is 32.4 Å². The molecule has 1 saturated heterocycles. The molecule has 1 N–H and O–H groups in total. The zero-order chi connectivity index (χ0) is 13.6. The molecule has 5 nitrogen and oxygen atoms in total. The molecule has 0 amide bonds. The lowest BCUT2D eigenvalue weighted by molar-refractivity contribution is 0.462. The molecule has 1 atom stereocenters. The van der Waals surface area contributed by atoms with Gasteiger partial charge in [0, 0.05) is 10.4 Å². The Morgan fingerprint density at radius 3 is 2.50 bits per heavy atom. The Bertz CT molecular complexity index is 659. The van der Waals surface area contributed by atoms with Crippen LogP contribution in [-0.4, -0.2) is 33.9 Å². The first-order valence-corrected chi connectivity index (χ1v) is 9.55. The van der Waals surface area contributed by atoms with Crippen LogP contribution < -0.4 is 4.72 Å². The van der Waals surface area contributed by atoms with Gasteiger partial charge in [0.1, 0.15) is 4.21 Å². The highest BCUT2D eigenvalue weighted by atomic mass is 32.2. The molecule has 1 aromatic heterocycles. The van der Waals surface area contributed by atoms with Crippen LogP contribution in [-0.2, 0) is 19.9 Å². The number of sulfonamides is 1. The maximum Gasteiger partial charge on any atom is 0.250 e. The molecule has 2 rings (SSSR count). The summed E-state index contributed by atoms with van der Waals surface area (Å²) in [6, 6.07) is 3.27. The molecule has 2 heterocycles. The van der Waals surface area contributed by atoms with E-state index in [0.717, 1.165) is 4.88 Å². The van der Waals surface area contributed by atoms with Gasteiger partial charge in [-0.1, -0.05) is 0 Å². The average molecular weight is 309 g/mol. The van der Waals surface area contributed by atoms with E-state index in [1.165, 1.54) is 17.4 Å². The van der Waals surface area contributed by atoms with E-state index in [-0.39, 0.29) is 15.7 Å². The molecule has 0 radical (unpaired) electrons. The molecule has 0 saturated carbocycles. The summed E-state index contributed by atoms with van der Waals surface area (Å²) in [7, 11) is -6.75. The molecule has 102 valence electrons. The van der Waals surface area contributed by atoms with Crippen LogP contribution in [0.5, 0.6) is 0 Å². The maximum absolute atomic E-state index is 12.1. The lowest BCUT2D eigenvalue weighted by Gasteiger charge is -2.22. The van der Waals surface area contributed by atoms with Crippen LogP contribution in [0.3, 0.4) is 0 Å². The van der Waals surface area contributed by atoms with Crippen molar-refractivity contribution in [3.8, 4) is 0 Å². The van der Waals surface area contributed by atoms with Gasteiger partial charge in [-0.15, -0.1) is 11.3 Å². The predicted octanol–water partition coefficient (Wildman–Crippen LogP) is 0.912. The maximum atomic E-state index is 12.1. The van der Waals surface area contributed by atoms with Crippen molar-refractivity contribution in [3.63, 3.8) is 0 Å². The molecular formula is C10H15NO4S3. The minimum atomic E-state index is -3.63. The third-order valence-electron chi connectivity index (χ3n) is 2.86. The SMILES string of the molecule is Cc1ccc(S(=O)(=O)NC2(C)CCS(=O)(=O)C2)s1. The van der Waals surface area contributed by atoms with Gasteiger partial charge in [0.25, 0.3) is 10.0 Å². The summed E-state index contributed by atoms with van der Waals surface area (Å²) in [5.41, 5.74) is -0.893. The second-order valence-electron chi connectivity index (χ2n) is 4.87. The van der Waals surface area contributed by atoms with Crippen LogP contribution >= 0.6 is 11.3 Å². The van der Waals surface area contributed by atoms with Crippen molar-refractivity contribution in [2.24, 2.45) is 0 Å².